The van der Waals surface area contributed by atoms with Gasteiger partial charge < -0.3 is 30.7 Å². The summed E-state index contributed by atoms with van der Waals surface area (Å²) in [6.45, 7) is 2.27. The summed E-state index contributed by atoms with van der Waals surface area (Å²) in [5.74, 6) is -1.07. The highest BCUT2D eigenvalue weighted by atomic mass is 32.1. The average molecular weight is 521 g/mol. The number of carbonyl (C=O) groups excluding carboxylic acids is 3. The first kappa shape index (κ1) is 25.5. The Kier molecular flexibility index (Phi) is 8.30. The topological polar surface area (TPSA) is 123 Å². The maximum atomic E-state index is 13.4. The molecular formula is C24H32N4O5S2. The predicted octanol–water partition coefficient (Wildman–Crippen LogP) is 3.99. The van der Waals surface area contributed by atoms with Gasteiger partial charge in [0.15, 0.2) is 0 Å². The molecule has 11 heteroatoms. The van der Waals surface area contributed by atoms with E-state index in [1.54, 1.807) is 12.0 Å². The summed E-state index contributed by atoms with van der Waals surface area (Å²) in [4.78, 5) is 42.5. The molecule has 9 nitrogen and oxygen atoms in total. The van der Waals surface area contributed by atoms with Gasteiger partial charge in [-0.05, 0) is 50.5 Å². The van der Waals surface area contributed by atoms with Crippen molar-refractivity contribution in [1.29, 1.82) is 0 Å². The molecule has 2 amide bonds. The number of carbonyl (C=O) groups is 3. The van der Waals surface area contributed by atoms with Crippen molar-refractivity contribution in [3.63, 3.8) is 0 Å². The van der Waals surface area contributed by atoms with Crippen molar-refractivity contribution in [2.75, 3.05) is 56.8 Å². The molecule has 1 aliphatic heterocycles. The lowest BCUT2D eigenvalue weighted by molar-refractivity contribution is 0.0600. The molecule has 35 heavy (non-hydrogen) atoms. The number of hydrogen-bond acceptors (Lipinski definition) is 9. The number of nitrogen functional groups attached to an aromatic ring is 1. The lowest BCUT2D eigenvalue weighted by Gasteiger charge is -2.27. The monoisotopic (exact) mass is 520 g/mol. The standard InChI is InChI=1S/C24H32N4O5S2/c1-32-13-10-26-21-17(23(30)28-11-6-3-7-12-28)18(25)19(35-21)20(29)27-22-16(24(31)33-2)14-8-4-5-9-15(14)34-22/h26H,3-13,25H2,1-2H3,(H,27,29). The third kappa shape index (κ3) is 5.31. The molecule has 0 radical (unpaired) electrons. The van der Waals surface area contributed by atoms with Gasteiger partial charge in [-0.1, -0.05) is 0 Å². The molecule has 0 spiro atoms. The number of aryl methyl sites for hydroxylation is 1. The summed E-state index contributed by atoms with van der Waals surface area (Å²) < 4.78 is 10.1. The molecule has 190 valence electrons. The molecule has 1 saturated heterocycles. The number of ether oxygens (including phenoxy) is 2. The van der Waals surface area contributed by atoms with Crippen LogP contribution in [0.25, 0.3) is 0 Å². The molecule has 3 heterocycles. The van der Waals surface area contributed by atoms with Crippen molar-refractivity contribution in [3.05, 3.63) is 26.4 Å². The minimum atomic E-state index is -0.457. The highest BCUT2D eigenvalue weighted by molar-refractivity contribution is 7.19. The predicted molar refractivity (Wildman–Crippen MR) is 139 cm³/mol. The first-order valence-corrected chi connectivity index (χ1v) is 13.6. The summed E-state index contributed by atoms with van der Waals surface area (Å²) in [6, 6.07) is 0. The van der Waals surface area contributed by atoms with Crippen molar-refractivity contribution >= 4 is 56.1 Å². The van der Waals surface area contributed by atoms with Crippen LogP contribution in [-0.4, -0.2) is 63.1 Å². The van der Waals surface area contributed by atoms with E-state index in [4.69, 9.17) is 15.2 Å². The van der Waals surface area contributed by atoms with Crippen LogP contribution in [0.1, 0.15) is 72.9 Å². The van der Waals surface area contributed by atoms with Crippen molar-refractivity contribution in [3.8, 4) is 0 Å². The van der Waals surface area contributed by atoms with E-state index < -0.39 is 11.9 Å². The zero-order valence-corrected chi connectivity index (χ0v) is 21.8. The van der Waals surface area contributed by atoms with Gasteiger partial charge in [0, 0.05) is 31.6 Å². The summed E-state index contributed by atoms with van der Waals surface area (Å²) in [5.41, 5.74) is 8.31. The SMILES string of the molecule is COCCNc1sc(C(=O)Nc2sc3c(c2C(=O)OC)CCCC3)c(N)c1C(=O)N1CCCCC1. The molecule has 2 aromatic heterocycles. The smallest absolute Gasteiger partial charge is 0.341 e. The molecule has 2 aliphatic rings. The number of anilines is 3. The lowest BCUT2D eigenvalue weighted by Crippen LogP contribution is -2.36. The molecule has 0 atom stereocenters. The Morgan fingerprint density at radius 3 is 2.43 bits per heavy atom. The number of thiophene rings is 2. The fourth-order valence-corrected chi connectivity index (χ4v) is 6.91. The maximum absolute atomic E-state index is 13.4. The van der Waals surface area contributed by atoms with Gasteiger partial charge in [-0.15, -0.1) is 22.7 Å². The van der Waals surface area contributed by atoms with Crippen molar-refractivity contribution in [1.82, 2.24) is 4.90 Å². The Hall–Kier alpha value is -2.63. The Morgan fingerprint density at radius 1 is 0.971 bits per heavy atom. The largest absolute Gasteiger partial charge is 0.465 e. The molecule has 1 fully saturated rings. The highest BCUT2D eigenvalue weighted by Gasteiger charge is 2.31. The molecule has 4 rings (SSSR count). The van der Waals surface area contributed by atoms with E-state index in [1.807, 2.05) is 0 Å². The minimum Gasteiger partial charge on any atom is -0.465 e. The number of methoxy groups -OCH3 is 2. The molecule has 0 saturated carbocycles. The number of nitrogens with two attached hydrogens (primary N) is 1. The normalized spacial score (nSPS) is 15.4. The van der Waals surface area contributed by atoms with Crippen molar-refractivity contribution in [2.45, 2.75) is 44.9 Å². The van der Waals surface area contributed by atoms with E-state index in [0.29, 0.717) is 47.4 Å². The van der Waals surface area contributed by atoms with Crippen molar-refractivity contribution in [2.24, 2.45) is 0 Å². The Balaban J connectivity index is 1.65. The Bertz CT molecular complexity index is 1100. The number of piperidine rings is 1. The number of hydrogen-bond donors (Lipinski definition) is 3. The number of nitrogens with zero attached hydrogens (tertiary/aromatic N) is 1. The van der Waals surface area contributed by atoms with Crippen molar-refractivity contribution < 1.29 is 23.9 Å². The number of rotatable bonds is 8. The lowest BCUT2D eigenvalue weighted by atomic mass is 9.95. The van der Waals surface area contributed by atoms with Gasteiger partial charge in [0.05, 0.1) is 30.5 Å². The van der Waals surface area contributed by atoms with Gasteiger partial charge >= 0.3 is 5.97 Å². The van der Waals surface area contributed by atoms with E-state index in [2.05, 4.69) is 10.6 Å². The Morgan fingerprint density at radius 2 is 1.71 bits per heavy atom. The summed E-state index contributed by atoms with van der Waals surface area (Å²) in [6.07, 6.45) is 6.72. The Labute approximate surface area is 213 Å². The third-order valence-electron chi connectivity index (χ3n) is 6.39. The average Bonchev–Trinajstić information content (AvgIpc) is 3.40. The second-order valence-electron chi connectivity index (χ2n) is 8.68. The molecule has 1 aliphatic carbocycles. The van der Waals surface area contributed by atoms with E-state index >= 15 is 0 Å². The molecule has 0 bridgehead atoms. The van der Waals surface area contributed by atoms with Gasteiger partial charge in [0.25, 0.3) is 11.8 Å². The van der Waals surface area contributed by atoms with Crippen LogP contribution < -0.4 is 16.4 Å². The number of esters is 1. The molecule has 0 unspecified atom stereocenters. The van der Waals surface area contributed by atoms with E-state index in [9.17, 15) is 14.4 Å². The number of amides is 2. The quantitative estimate of drug-likeness (QED) is 0.355. The van der Waals surface area contributed by atoms with E-state index in [0.717, 1.165) is 66.7 Å². The second kappa shape index (κ2) is 11.4. The van der Waals surface area contributed by atoms with Gasteiger partial charge in [0.1, 0.15) is 14.9 Å². The van der Waals surface area contributed by atoms with Crippen LogP contribution in [0, 0.1) is 0 Å². The van der Waals surface area contributed by atoms with E-state index in [1.165, 1.54) is 18.4 Å². The first-order valence-electron chi connectivity index (χ1n) is 11.9. The summed E-state index contributed by atoms with van der Waals surface area (Å²) >= 11 is 2.56. The zero-order chi connectivity index (χ0) is 24.9. The first-order chi connectivity index (χ1) is 17.0. The van der Waals surface area contributed by atoms with Crippen LogP contribution in [0.5, 0.6) is 0 Å². The highest BCUT2D eigenvalue weighted by Crippen LogP contribution is 2.41. The molecule has 2 aromatic rings. The van der Waals surface area contributed by atoms with Crippen LogP contribution in [-0.2, 0) is 22.3 Å². The number of likely N-dealkylation sites (tertiary alicyclic amines) is 1. The van der Waals surface area contributed by atoms with Crippen LogP contribution in [0.2, 0.25) is 0 Å². The molecule has 0 aromatic carbocycles. The van der Waals surface area contributed by atoms with Crippen LogP contribution in [0.4, 0.5) is 15.7 Å². The summed E-state index contributed by atoms with van der Waals surface area (Å²) in [5, 5.41) is 7.13. The molecular weight excluding hydrogens is 488 g/mol. The number of fused-ring (bicyclic) bond motifs is 1. The van der Waals surface area contributed by atoms with Gasteiger partial charge in [-0.2, -0.15) is 0 Å². The number of nitrogens with one attached hydrogen (secondary N) is 2. The van der Waals surface area contributed by atoms with Crippen LogP contribution in [0.15, 0.2) is 0 Å². The van der Waals surface area contributed by atoms with Crippen LogP contribution in [0.3, 0.4) is 0 Å². The second-order valence-corrected chi connectivity index (χ2v) is 10.8. The van der Waals surface area contributed by atoms with Crippen LogP contribution >= 0.6 is 22.7 Å². The van der Waals surface area contributed by atoms with Gasteiger partial charge in [-0.3, -0.25) is 9.59 Å². The van der Waals surface area contributed by atoms with Gasteiger partial charge in [0.2, 0.25) is 0 Å². The summed E-state index contributed by atoms with van der Waals surface area (Å²) in [7, 11) is 2.94. The van der Waals surface area contributed by atoms with Gasteiger partial charge in [-0.25, -0.2) is 4.79 Å². The zero-order valence-electron chi connectivity index (χ0n) is 20.2. The minimum absolute atomic E-state index is 0.156. The maximum Gasteiger partial charge on any atom is 0.341 e. The molecule has 4 N–H and O–H groups in total. The third-order valence-corrected chi connectivity index (χ3v) is 8.76. The fraction of sp³-hybridized carbons (Fsp3) is 0.542. The fourth-order valence-electron chi connectivity index (χ4n) is 4.60. The van der Waals surface area contributed by atoms with E-state index in [-0.39, 0.29) is 16.5 Å².